The van der Waals surface area contributed by atoms with E-state index >= 15 is 0 Å². The van der Waals surface area contributed by atoms with Crippen molar-refractivity contribution < 1.29 is 47.7 Å². The van der Waals surface area contributed by atoms with Crippen LogP contribution in [0, 0.1) is 5.92 Å². The summed E-state index contributed by atoms with van der Waals surface area (Å²) in [5.74, 6) is -3.74. The highest BCUT2D eigenvalue weighted by atomic mass is 16.7. The number of fused-ring (bicyclic) bond motifs is 1. The van der Waals surface area contributed by atoms with Gasteiger partial charge < -0.3 is 24.3 Å². The number of carbonyl (C=O) groups is 6. The highest BCUT2D eigenvalue weighted by Crippen LogP contribution is 2.30. The maximum Gasteiger partial charge on any atom is 0.305 e. The molecular weight excluding hydrogens is 488 g/mol. The van der Waals surface area contributed by atoms with Gasteiger partial charge >= 0.3 is 17.9 Å². The maximum atomic E-state index is 12.8. The zero-order valence-electron chi connectivity index (χ0n) is 21.1. The molecule has 12 heteroatoms. The molecule has 37 heavy (non-hydrogen) atoms. The van der Waals surface area contributed by atoms with Gasteiger partial charge in [0.15, 0.2) is 0 Å². The highest BCUT2D eigenvalue weighted by Gasteiger charge is 2.48. The van der Waals surface area contributed by atoms with Gasteiger partial charge in [-0.1, -0.05) is 19.1 Å². The summed E-state index contributed by atoms with van der Waals surface area (Å²) in [6, 6.07) is 5.44. The topological polar surface area (TPSA) is 155 Å². The number of benzene rings is 1. The molecule has 0 aliphatic carbocycles. The molecule has 2 aliphatic heterocycles. The molecule has 0 saturated carbocycles. The van der Waals surface area contributed by atoms with Crippen molar-refractivity contribution in [2.45, 2.75) is 65.1 Å². The fraction of sp³-hybridized carbons (Fsp3) is 0.520. The molecular formula is C25H30N2O10. The van der Waals surface area contributed by atoms with Gasteiger partial charge in [-0.15, -0.1) is 0 Å². The third-order valence-electron chi connectivity index (χ3n) is 6.09. The lowest BCUT2D eigenvalue weighted by atomic mass is 9.89. The first-order valence-corrected chi connectivity index (χ1v) is 11.9. The zero-order valence-corrected chi connectivity index (χ0v) is 21.1. The second-order valence-electron chi connectivity index (χ2n) is 8.89. The van der Waals surface area contributed by atoms with Gasteiger partial charge in [0.25, 0.3) is 11.8 Å². The van der Waals surface area contributed by atoms with Crippen LogP contribution in [0.25, 0.3) is 0 Å². The number of ether oxygens (including phenoxy) is 4. The normalized spacial score (nSPS) is 24.8. The number of rotatable bonds is 9. The number of nitrogens with zero attached hydrogens (tertiary/aromatic N) is 1. The Balaban J connectivity index is 1.66. The standard InChI is InChI=1S/C25H30N2O10/c1-13-19(12-34-14(2)28)37-25(36-16(4)30)21(22(13)35-15(3)29)26-20(31)10-7-11-27-23(32)17-8-5-6-9-18(17)24(27)33/h5-6,8-9,13,19,21-22,25H,7,10-12H2,1-4H3,(H,26,31). The third-order valence-corrected chi connectivity index (χ3v) is 6.09. The number of hydrogen-bond acceptors (Lipinski definition) is 10. The molecule has 3 rings (SSSR count). The van der Waals surface area contributed by atoms with Crippen LogP contribution in [0.15, 0.2) is 24.3 Å². The minimum absolute atomic E-state index is 0.0303. The minimum atomic E-state index is -1.32. The van der Waals surface area contributed by atoms with E-state index < -0.39 is 66.1 Å². The second-order valence-corrected chi connectivity index (χ2v) is 8.89. The van der Waals surface area contributed by atoms with E-state index in [4.69, 9.17) is 18.9 Å². The Labute approximate surface area is 213 Å². The smallest absolute Gasteiger partial charge is 0.305 e. The van der Waals surface area contributed by atoms with Crippen molar-refractivity contribution in [3.8, 4) is 0 Å². The summed E-state index contributed by atoms with van der Waals surface area (Å²) in [4.78, 5) is 73.8. The van der Waals surface area contributed by atoms with E-state index in [0.29, 0.717) is 11.1 Å². The van der Waals surface area contributed by atoms with E-state index in [1.54, 1.807) is 31.2 Å². The molecule has 1 aromatic carbocycles. The second kappa shape index (κ2) is 12.0. The molecule has 5 unspecified atom stereocenters. The Morgan fingerprint density at radius 2 is 1.54 bits per heavy atom. The molecule has 1 saturated heterocycles. The van der Waals surface area contributed by atoms with Gasteiger partial charge in [0.1, 0.15) is 24.9 Å². The van der Waals surface area contributed by atoms with Crippen molar-refractivity contribution >= 4 is 35.6 Å². The summed E-state index contributed by atoms with van der Waals surface area (Å²) < 4.78 is 21.5. The van der Waals surface area contributed by atoms with Crippen molar-refractivity contribution in [1.82, 2.24) is 10.2 Å². The van der Waals surface area contributed by atoms with Crippen LogP contribution in [0.4, 0.5) is 0 Å². The summed E-state index contributed by atoms with van der Waals surface area (Å²) in [5.41, 5.74) is 0.643. The molecule has 2 aliphatic rings. The van der Waals surface area contributed by atoms with E-state index in [1.807, 2.05) is 0 Å². The Morgan fingerprint density at radius 3 is 2.08 bits per heavy atom. The molecule has 3 amide bonds. The molecule has 2 heterocycles. The van der Waals surface area contributed by atoms with Crippen molar-refractivity contribution in [3.05, 3.63) is 35.4 Å². The van der Waals surface area contributed by atoms with Crippen molar-refractivity contribution in [3.63, 3.8) is 0 Å². The van der Waals surface area contributed by atoms with E-state index in [1.165, 1.54) is 13.8 Å². The number of hydrogen-bond donors (Lipinski definition) is 1. The molecule has 5 atom stereocenters. The van der Waals surface area contributed by atoms with Crippen molar-refractivity contribution in [1.29, 1.82) is 0 Å². The maximum absolute atomic E-state index is 12.8. The molecule has 12 nitrogen and oxygen atoms in total. The van der Waals surface area contributed by atoms with Crippen molar-refractivity contribution in [2.75, 3.05) is 13.2 Å². The predicted octanol–water partition coefficient (Wildman–Crippen LogP) is 0.967. The van der Waals surface area contributed by atoms with Crippen LogP contribution >= 0.6 is 0 Å². The quantitative estimate of drug-likeness (QED) is 0.284. The van der Waals surface area contributed by atoms with Gasteiger partial charge in [-0.2, -0.15) is 0 Å². The van der Waals surface area contributed by atoms with Gasteiger partial charge in [-0.3, -0.25) is 33.7 Å². The number of esters is 3. The van der Waals surface area contributed by atoms with Crippen LogP contribution in [-0.2, 0) is 38.1 Å². The molecule has 1 fully saturated rings. The first kappa shape index (κ1) is 27.8. The first-order chi connectivity index (χ1) is 17.5. The first-order valence-electron chi connectivity index (χ1n) is 11.9. The minimum Gasteiger partial charge on any atom is -0.463 e. The van der Waals surface area contributed by atoms with Crippen molar-refractivity contribution in [2.24, 2.45) is 5.92 Å². The number of amides is 3. The van der Waals surface area contributed by atoms with Crippen LogP contribution in [-0.4, -0.2) is 78.2 Å². The van der Waals surface area contributed by atoms with Gasteiger partial charge in [-0.25, -0.2) is 0 Å². The van der Waals surface area contributed by atoms with E-state index in [2.05, 4.69) is 5.32 Å². The van der Waals surface area contributed by atoms with Crippen LogP contribution < -0.4 is 5.32 Å². The molecule has 0 bridgehead atoms. The molecule has 0 aromatic heterocycles. The lowest BCUT2D eigenvalue weighted by Gasteiger charge is -2.44. The van der Waals surface area contributed by atoms with E-state index in [0.717, 1.165) is 11.8 Å². The van der Waals surface area contributed by atoms with E-state index in [9.17, 15) is 28.8 Å². The van der Waals surface area contributed by atoms with Gasteiger partial charge in [0.2, 0.25) is 12.2 Å². The summed E-state index contributed by atoms with van der Waals surface area (Å²) in [6.45, 7) is 5.13. The van der Waals surface area contributed by atoms with Gasteiger partial charge in [0, 0.05) is 39.7 Å². The predicted molar refractivity (Wildman–Crippen MR) is 125 cm³/mol. The summed E-state index contributed by atoms with van der Waals surface area (Å²) in [5, 5.41) is 2.70. The monoisotopic (exact) mass is 518 g/mol. The Bertz CT molecular complexity index is 1050. The molecule has 1 N–H and O–H groups in total. The number of imide groups is 1. The lowest BCUT2D eigenvalue weighted by molar-refractivity contribution is -0.253. The average Bonchev–Trinajstić information content (AvgIpc) is 3.06. The largest absolute Gasteiger partial charge is 0.463 e. The van der Waals surface area contributed by atoms with Crippen LogP contribution in [0.3, 0.4) is 0 Å². The average molecular weight is 519 g/mol. The van der Waals surface area contributed by atoms with Gasteiger partial charge in [0.05, 0.1) is 11.1 Å². The SMILES string of the molecule is CC(=O)OCC1OC(OC(C)=O)C(NC(=O)CCCN2C(=O)c3ccccc3C2=O)C(OC(C)=O)C1C. The summed E-state index contributed by atoms with van der Waals surface area (Å²) >= 11 is 0. The molecule has 1 aromatic rings. The van der Waals surface area contributed by atoms with E-state index in [-0.39, 0.29) is 26.0 Å². The third kappa shape index (κ3) is 6.70. The highest BCUT2D eigenvalue weighted by molar-refractivity contribution is 6.21. The fourth-order valence-corrected chi connectivity index (χ4v) is 4.35. The Hall–Kier alpha value is -3.80. The number of nitrogens with one attached hydrogen (secondary N) is 1. The Morgan fingerprint density at radius 1 is 0.946 bits per heavy atom. The molecule has 0 spiro atoms. The van der Waals surface area contributed by atoms with Crippen LogP contribution in [0.1, 0.15) is 61.3 Å². The number of carbonyl (C=O) groups excluding carboxylic acids is 6. The molecule has 0 radical (unpaired) electrons. The summed E-state index contributed by atoms with van der Waals surface area (Å²) in [7, 11) is 0. The summed E-state index contributed by atoms with van der Waals surface area (Å²) in [6.07, 6.45) is -2.96. The van der Waals surface area contributed by atoms with Crippen LogP contribution in [0.5, 0.6) is 0 Å². The van der Waals surface area contributed by atoms with Gasteiger partial charge in [-0.05, 0) is 18.6 Å². The Kier molecular flexibility index (Phi) is 8.98. The zero-order chi connectivity index (χ0) is 27.3. The molecule has 200 valence electrons. The van der Waals surface area contributed by atoms with Crippen LogP contribution in [0.2, 0.25) is 0 Å². The lowest BCUT2D eigenvalue weighted by Crippen LogP contribution is -2.63. The fourth-order valence-electron chi connectivity index (χ4n) is 4.35.